The van der Waals surface area contributed by atoms with Crippen LogP contribution in [0.5, 0.6) is 0 Å². The van der Waals surface area contributed by atoms with Gasteiger partial charge in [0.25, 0.3) is 0 Å². The number of nitrogens with zero attached hydrogens (tertiary/aromatic N) is 4. The fraction of sp³-hybridized carbons (Fsp3) is 0.556. The van der Waals surface area contributed by atoms with Crippen molar-refractivity contribution in [3.63, 3.8) is 0 Å². The van der Waals surface area contributed by atoms with E-state index in [1.54, 1.807) is 19.5 Å². The first-order chi connectivity index (χ1) is 12.4. The molecule has 7 nitrogen and oxygen atoms in total. The smallest absolute Gasteiger partial charge is 0.191 e. The fourth-order valence-corrected chi connectivity index (χ4v) is 3.24. The number of aryl methyl sites for hydroxylation is 1. The van der Waals surface area contributed by atoms with Crippen LogP contribution in [0.25, 0.3) is 0 Å². The summed E-state index contributed by atoms with van der Waals surface area (Å²) in [5, 5.41) is 11.0. The molecule has 2 aromatic rings. The molecule has 0 aliphatic carbocycles. The van der Waals surface area contributed by atoms with Crippen molar-refractivity contribution in [2.24, 2.45) is 4.99 Å². The molecule has 1 aliphatic rings. The minimum atomic E-state index is 0. The minimum Gasteiger partial charge on any atom is -0.468 e. The van der Waals surface area contributed by atoms with Gasteiger partial charge in [0.2, 0.25) is 0 Å². The number of aliphatic imine (C=N–C) groups is 1. The number of halogens is 1. The third kappa shape index (κ3) is 6.01. The normalized spacial score (nSPS) is 16.3. The summed E-state index contributed by atoms with van der Waals surface area (Å²) in [6.07, 6.45) is 9.06. The third-order valence-corrected chi connectivity index (χ3v) is 4.56. The molecule has 0 amide bonds. The van der Waals surface area contributed by atoms with Gasteiger partial charge in [-0.05, 0) is 50.6 Å². The summed E-state index contributed by atoms with van der Waals surface area (Å²) >= 11 is 0. The van der Waals surface area contributed by atoms with Crippen molar-refractivity contribution < 1.29 is 4.42 Å². The molecule has 0 aromatic carbocycles. The van der Waals surface area contributed by atoms with Crippen LogP contribution in [0.1, 0.15) is 31.1 Å². The Morgan fingerprint density at radius 2 is 2.15 bits per heavy atom. The van der Waals surface area contributed by atoms with Crippen LogP contribution in [0, 0.1) is 0 Å². The SMILES string of the molecule is CN=C(NCCCn1cccn1)NCC(c1ccco1)N1CCCC1.I. The lowest BCUT2D eigenvalue weighted by Gasteiger charge is -2.26. The molecule has 144 valence electrons. The summed E-state index contributed by atoms with van der Waals surface area (Å²) < 4.78 is 7.60. The van der Waals surface area contributed by atoms with E-state index in [0.29, 0.717) is 0 Å². The second-order valence-corrected chi connectivity index (χ2v) is 6.28. The van der Waals surface area contributed by atoms with Crippen LogP contribution in [0.3, 0.4) is 0 Å². The van der Waals surface area contributed by atoms with Gasteiger partial charge < -0.3 is 15.1 Å². The summed E-state index contributed by atoms with van der Waals surface area (Å²) in [5.74, 6) is 1.85. The van der Waals surface area contributed by atoms with Crippen LogP contribution in [0.2, 0.25) is 0 Å². The van der Waals surface area contributed by atoms with Crippen molar-refractivity contribution in [2.75, 3.05) is 33.2 Å². The Morgan fingerprint density at radius 3 is 2.81 bits per heavy atom. The van der Waals surface area contributed by atoms with Crippen LogP contribution >= 0.6 is 24.0 Å². The Bertz CT molecular complexity index is 622. The first-order valence-corrected chi connectivity index (χ1v) is 9.06. The topological polar surface area (TPSA) is 70.6 Å². The minimum absolute atomic E-state index is 0. The third-order valence-electron chi connectivity index (χ3n) is 4.56. The second-order valence-electron chi connectivity index (χ2n) is 6.28. The van der Waals surface area contributed by atoms with Crippen LogP contribution in [0.4, 0.5) is 0 Å². The van der Waals surface area contributed by atoms with Crippen molar-refractivity contribution in [1.82, 2.24) is 25.3 Å². The molecule has 8 heteroatoms. The van der Waals surface area contributed by atoms with Gasteiger partial charge in [0, 0.05) is 39.1 Å². The maximum atomic E-state index is 5.66. The summed E-state index contributed by atoms with van der Waals surface area (Å²) in [4.78, 5) is 6.81. The average molecular weight is 472 g/mol. The first-order valence-electron chi connectivity index (χ1n) is 9.06. The maximum absolute atomic E-state index is 5.66. The van der Waals surface area contributed by atoms with E-state index in [9.17, 15) is 0 Å². The quantitative estimate of drug-likeness (QED) is 0.268. The molecule has 0 spiro atoms. The van der Waals surface area contributed by atoms with E-state index in [0.717, 1.165) is 50.9 Å². The largest absolute Gasteiger partial charge is 0.468 e. The molecular formula is C18H29IN6O. The Balaban J connectivity index is 0.00000243. The van der Waals surface area contributed by atoms with Crippen molar-refractivity contribution in [2.45, 2.75) is 31.8 Å². The molecule has 1 fully saturated rings. The van der Waals surface area contributed by atoms with Gasteiger partial charge in [-0.1, -0.05) is 0 Å². The number of guanidine groups is 1. The molecule has 0 bridgehead atoms. The average Bonchev–Trinajstić information content (AvgIpc) is 3.40. The molecule has 1 aliphatic heterocycles. The van der Waals surface area contributed by atoms with E-state index in [4.69, 9.17) is 4.42 Å². The lowest BCUT2D eigenvalue weighted by molar-refractivity contribution is 0.215. The maximum Gasteiger partial charge on any atom is 0.191 e. The number of furan rings is 1. The lowest BCUT2D eigenvalue weighted by atomic mass is 10.2. The van der Waals surface area contributed by atoms with Crippen LogP contribution in [-0.4, -0.2) is 53.9 Å². The van der Waals surface area contributed by atoms with Gasteiger partial charge in [0.1, 0.15) is 5.76 Å². The molecule has 0 radical (unpaired) electrons. The predicted molar refractivity (Wildman–Crippen MR) is 114 cm³/mol. The van der Waals surface area contributed by atoms with E-state index in [2.05, 4.69) is 31.7 Å². The number of likely N-dealkylation sites (tertiary alicyclic amines) is 1. The lowest BCUT2D eigenvalue weighted by Crippen LogP contribution is -2.43. The highest BCUT2D eigenvalue weighted by molar-refractivity contribution is 14.0. The second kappa shape index (κ2) is 11.2. The zero-order valence-corrected chi connectivity index (χ0v) is 17.6. The highest BCUT2D eigenvalue weighted by Crippen LogP contribution is 2.24. The van der Waals surface area contributed by atoms with Crippen molar-refractivity contribution in [3.05, 3.63) is 42.6 Å². The molecule has 2 aromatic heterocycles. The molecule has 3 heterocycles. The van der Waals surface area contributed by atoms with Gasteiger partial charge in [-0.25, -0.2) is 0 Å². The highest BCUT2D eigenvalue weighted by Gasteiger charge is 2.25. The summed E-state index contributed by atoms with van der Waals surface area (Å²) in [5.41, 5.74) is 0. The number of aromatic nitrogens is 2. The van der Waals surface area contributed by atoms with Crippen LogP contribution < -0.4 is 10.6 Å². The van der Waals surface area contributed by atoms with Gasteiger partial charge in [0.05, 0.1) is 12.3 Å². The Hall–Kier alpha value is -1.55. The first kappa shape index (κ1) is 20.8. The molecule has 0 saturated carbocycles. The highest BCUT2D eigenvalue weighted by atomic mass is 127. The number of hydrogen-bond acceptors (Lipinski definition) is 4. The molecule has 1 atom stereocenters. The Kier molecular flexibility index (Phi) is 8.96. The van der Waals surface area contributed by atoms with Gasteiger partial charge in [-0.3, -0.25) is 14.6 Å². The molecule has 26 heavy (non-hydrogen) atoms. The van der Waals surface area contributed by atoms with Crippen molar-refractivity contribution in [1.29, 1.82) is 0 Å². The Labute approximate surface area is 172 Å². The molecule has 1 saturated heterocycles. The number of nitrogens with one attached hydrogen (secondary N) is 2. The standard InChI is InChI=1S/C18H28N6O.HI/c1-19-18(20-8-5-12-24-13-6-9-22-24)21-15-16(17-7-4-14-25-17)23-10-2-3-11-23;/h4,6-7,9,13-14,16H,2-3,5,8,10-12,15H2,1H3,(H2,19,20,21);1H. The van der Waals surface area contributed by atoms with E-state index >= 15 is 0 Å². The zero-order chi connectivity index (χ0) is 17.3. The summed E-state index contributed by atoms with van der Waals surface area (Å²) in [6, 6.07) is 6.22. The monoisotopic (exact) mass is 472 g/mol. The van der Waals surface area contributed by atoms with E-state index in [-0.39, 0.29) is 30.0 Å². The van der Waals surface area contributed by atoms with Crippen molar-refractivity contribution in [3.8, 4) is 0 Å². The van der Waals surface area contributed by atoms with Gasteiger partial charge in [-0.15, -0.1) is 24.0 Å². The predicted octanol–water partition coefficient (Wildman–Crippen LogP) is 2.49. The zero-order valence-electron chi connectivity index (χ0n) is 15.3. The van der Waals surface area contributed by atoms with Gasteiger partial charge in [-0.2, -0.15) is 5.10 Å². The van der Waals surface area contributed by atoms with Crippen LogP contribution in [0.15, 0.2) is 46.3 Å². The number of rotatable bonds is 8. The van der Waals surface area contributed by atoms with E-state index in [1.807, 2.05) is 23.0 Å². The Morgan fingerprint density at radius 1 is 1.31 bits per heavy atom. The molecule has 2 N–H and O–H groups in total. The summed E-state index contributed by atoms with van der Waals surface area (Å²) in [7, 11) is 1.81. The van der Waals surface area contributed by atoms with Crippen molar-refractivity contribution >= 4 is 29.9 Å². The van der Waals surface area contributed by atoms with Crippen LogP contribution in [-0.2, 0) is 6.54 Å². The number of hydrogen-bond donors (Lipinski definition) is 2. The van der Waals surface area contributed by atoms with Gasteiger partial charge in [0.15, 0.2) is 5.96 Å². The van der Waals surface area contributed by atoms with E-state index < -0.39 is 0 Å². The summed E-state index contributed by atoms with van der Waals surface area (Å²) in [6.45, 7) is 4.80. The fourth-order valence-electron chi connectivity index (χ4n) is 3.24. The van der Waals surface area contributed by atoms with Gasteiger partial charge >= 0.3 is 0 Å². The molecule has 1 unspecified atom stereocenters. The molecular weight excluding hydrogens is 443 g/mol. The van der Waals surface area contributed by atoms with E-state index in [1.165, 1.54) is 12.8 Å². The molecule has 3 rings (SSSR count).